The Morgan fingerprint density at radius 3 is 2.94 bits per heavy atom. The number of halogens is 2. The fraction of sp³-hybridized carbons (Fsp3) is 0.100. The summed E-state index contributed by atoms with van der Waals surface area (Å²) >= 11 is 11.9. The highest BCUT2D eigenvalue weighted by Gasteiger charge is 2.02. The fourth-order valence-electron chi connectivity index (χ4n) is 1.12. The highest BCUT2D eigenvalue weighted by Crippen LogP contribution is 2.15. The van der Waals surface area contributed by atoms with Gasteiger partial charge in [0.2, 0.25) is 0 Å². The van der Waals surface area contributed by atoms with E-state index in [1.54, 1.807) is 13.2 Å². The first-order valence-electron chi connectivity index (χ1n) is 4.74. The zero-order valence-corrected chi connectivity index (χ0v) is 12.3. The topological polar surface area (TPSA) is 46.8 Å². The largest absolute Gasteiger partial charge is 0.497 e. The standard InChI is InChI=1S/C10H7Cl2N3OS2/c1-16-7-4-2-3-6(5-7)8(11)13-14-10-9(12)15-18-17-10/h2-5H,1H3/b13-8-,14-10-. The van der Waals surface area contributed by atoms with Crippen molar-refractivity contribution >= 4 is 49.2 Å². The zero-order chi connectivity index (χ0) is 13.0. The van der Waals surface area contributed by atoms with Crippen LogP contribution in [0.3, 0.4) is 0 Å². The number of hydrogen-bond acceptors (Lipinski definition) is 6. The highest BCUT2D eigenvalue weighted by atomic mass is 35.5. The number of benzene rings is 1. The van der Waals surface area contributed by atoms with E-state index >= 15 is 0 Å². The molecule has 0 amide bonds. The molecule has 2 rings (SSSR count). The van der Waals surface area contributed by atoms with E-state index in [4.69, 9.17) is 27.9 Å². The first-order valence-corrected chi connectivity index (χ1v) is 7.60. The van der Waals surface area contributed by atoms with Crippen molar-refractivity contribution in [3.8, 4) is 5.75 Å². The van der Waals surface area contributed by atoms with Gasteiger partial charge in [0.25, 0.3) is 0 Å². The number of methoxy groups -OCH3 is 1. The van der Waals surface area contributed by atoms with Crippen molar-refractivity contribution in [1.29, 1.82) is 0 Å². The van der Waals surface area contributed by atoms with E-state index in [1.807, 2.05) is 18.2 Å². The third kappa shape index (κ3) is 3.29. The molecule has 1 aromatic heterocycles. The zero-order valence-electron chi connectivity index (χ0n) is 9.13. The monoisotopic (exact) mass is 319 g/mol. The van der Waals surface area contributed by atoms with Crippen LogP contribution < -0.4 is 9.41 Å². The van der Waals surface area contributed by atoms with Gasteiger partial charge in [-0.25, -0.2) is 0 Å². The molecule has 18 heavy (non-hydrogen) atoms. The van der Waals surface area contributed by atoms with Gasteiger partial charge in [-0.15, -0.1) is 10.2 Å². The van der Waals surface area contributed by atoms with E-state index in [0.29, 0.717) is 15.6 Å². The van der Waals surface area contributed by atoms with Crippen LogP contribution >= 0.6 is 44.1 Å². The molecule has 4 nitrogen and oxygen atoms in total. The van der Waals surface area contributed by atoms with Gasteiger partial charge >= 0.3 is 0 Å². The Morgan fingerprint density at radius 2 is 2.28 bits per heavy atom. The van der Waals surface area contributed by atoms with Crippen LogP contribution in [-0.4, -0.2) is 16.7 Å². The fourth-order valence-corrected chi connectivity index (χ4v) is 3.18. The average Bonchev–Trinajstić information content (AvgIpc) is 2.81. The van der Waals surface area contributed by atoms with Crippen molar-refractivity contribution in [1.82, 2.24) is 4.37 Å². The van der Waals surface area contributed by atoms with Crippen molar-refractivity contribution in [2.75, 3.05) is 7.11 Å². The molecule has 0 bridgehead atoms. The van der Waals surface area contributed by atoms with E-state index in [1.165, 1.54) is 20.9 Å². The Kier molecular flexibility index (Phi) is 4.71. The smallest absolute Gasteiger partial charge is 0.188 e. The van der Waals surface area contributed by atoms with Crippen LogP contribution in [0, 0.1) is 0 Å². The normalized spacial score (nSPS) is 12.8. The quantitative estimate of drug-likeness (QED) is 0.494. The van der Waals surface area contributed by atoms with Crippen molar-refractivity contribution in [3.63, 3.8) is 0 Å². The van der Waals surface area contributed by atoms with E-state index in [0.717, 1.165) is 5.56 Å². The third-order valence-electron chi connectivity index (χ3n) is 1.95. The molecule has 8 heteroatoms. The van der Waals surface area contributed by atoms with Gasteiger partial charge in [-0.1, -0.05) is 35.3 Å². The molecule has 0 aliphatic heterocycles. The maximum atomic E-state index is 6.05. The predicted molar refractivity (Wildman–Crippen MR) is 75.9 cm³/mol. The van der Waals surface area contributed by atoms with Crippen LogP contribution in [0.4, 0.5) is 0 Å². The van der Waals surface area contributed by atoms with Crippen LogP contribution in [0.5, 0.6) is 5.75 Å². The summed E-state index contributed by atoms with van der Waals surface area (Å²) in [5, 5.41) is 8.47. The molecule has 0 aliphatic carbocycles. The van der Waals surface area contributed by atoms with Crippen molar-refractivity contribution in [2.45, 2.75) is 0 Å². The molecular weight excluding hydrogens is 313 g/mol. The van der Waals surface area contributed by atoms with Gasteiger partial charge in [0.05, 0.1) is 7.11 Å². The maximum absolute atomic E-state index is 6.05. The lowest BCUT2D eigenvalue weighted by Gasteiger charge is -2.01. The van der Waals surface area contributed by atoms with Gasteiger partial charge in [-0.2, -0.15) is 4.37 Å². The molecule has 0 radical (unpaired) electrons. The molecule has 0 fully saturated rings. The number of aromatic nitrogens is 1. The summed E-state index contributed by atoms with van der Waals surface area (Å²) in [4.78, 5) is 0. The molecule has 0 N–H and O–H groups in total. The van der Waals surface area contributed by atoms with Crippen LogP contribution in [0.1, 0.15) is 5.56 Å². The van der Waals surface area contributed by atoms with Crippen LogP contribution in [0.15, 0.2) is 34.5 Å². The van der Waals surface area contributed by atoms with E-state index in [9.17, 15) is 0 Å². The molecular formula is C10H7Cl2N3OS2. The van der Waals surface area contributed by atoms with Gasteiger partial charge in [-0.05, 0) is 22.5 Å². The molecule has 94 valence electrons. The maximum Gasteiger partial charge on any atom is 0.188 e. The van der Waals surface area contributed by atoms with Crippen LogP contribution in [0.2, 0.25) is 5.15 Å². The molecule has 0 spiro atoms. The minimum atomic E-state index is 0.267. The molecule has 2 aromatic rings. The summed E-state index contributed by atoms with van der Waals surface area (Å²) in [6.07, 6.45) is 0. The minimum Gasteiger partial charge on any atom is -0.497 e. The van der Waals surface area contributed by atoms with Crippen molar-refractivity contribution in [2.24, 2.45) is 10.2 Å². The summed E-state index contributed by atoms with van der Waals surface area (Å²) in [5.74, 6) is 0.707. The summed E-state index contributed by atoms with van der Waals surface area (Å²) in [7, 11) is 4.18. The second kappa shape index (κ2) is 6.29. The second-order valence-electron chi connectivity index (χ2n) is 3.07. The van der Waals surface area contributed by atoms with Gasteiger partial charge < -0.3 is 4.74 Å². The van der Waals surface area contributed by atoms with E-state index in [2.05, 4.69) is 14.6 Å². The van der Waals surface area contributed by atoms with Gasteiger partial charge in [0.1, 0.15) is 5.75 Å². The molecule has 0 aliphatic rings. The predicted octanol–water partition coefficient (Wildman–Crippen LogP) is 3.37. The molecule has 1 aromatic carbocycles. The lowest BCUT2D eigenvalue weighted by atomic mass is 10.2. The SMILES string of the molecule is COc1cccc(/C(Cl)=N/N=c2\ssnc2Cl)c1. The Labute approximate surface area is 121 Å². The van der Waals surface area contributed by atoms with Gasteiger partial charge in [0, 0.05) is 16.1 Å². The second-order valence-corrected chi connectivity index (χ2v) is 5.62. The minimum absolute atomic E-state index is 0.267. The van der Waals surface area contributed by atoms with Crippen LogP contribution in [0.25, 0.3) is 0 Å². The molecule has 0 atom stereocenters. The Morgan fingerprint density at radius 1 is 1.44 bits per heavy atom. The molecule has 0 saturated carbocycles. The number of rotatable bonds is 3. The average molecular weight is 320 g/mol. The van der Waals surface area contributed by atoms with Gasteiger partial charge in [0.15, 0.2) is 15.0 Å². The van der Waals surface area contributed by atoms with E-state index < -0.39 is 0 Å². The molecule has 1 heterocycles. The van der Waals surface area contributed by atoms with Crippen LogP contribution in [-0.2, 0) is 0 Å². The lowest BCUT2D eigenvalue weighted by Crippen LogP contribution is -1.96. The highest BCUT2D eigenvalue weighted by molar-refractivity contribution is 7.66. The Bertz CT molecular complexity index is 636. The summed E-state index contributed by atoms with van der Waals surface area (Å²) in [6.45, 7) is 0. The summed E-state index contributed by atoms with van der Waals surface area (Å²) in [5.41, 5.74) is 0.726. The Balaban J connectivity index is 2.31. The molecule has 0 saturated heterocycles. The van der Waals surface area contributed by atoms with Crippen molar-refractivity contribution < 1.29 is 4.74 Å². The lowest BCUT2D eigenvalue weighted by molar-refractivity contribution is 0.414. The first kappa shape index (κ1) is 13.5. The summed E-state index contributed by atoms with van der Waals surface area (Å²) < 4.78 is 9.54. The Hall–Kier alpha value is -0.950. The van der Waals surface area contributed by atoms with Gasteiger partial charge in [-0.3, -0.25) is 0 Å². The third-order valence-corrected chi connectivity index (χ3v) is 4.40. The number of hydrogen-bond donors (Lipinski definition) is 0. The first-order chi connectivity index (χ1) is 8.70. The van der Waals surface area contributed by atoms with Crippen molar-refractivity contribution in [3.05, 3.63) is 39.7 Å². The summed E-state index contributed by atoms with van der Waals surface area (Å²) in [6, 6.07) is 7.25. The van der Waals surface area contributed by atoms with E-state index in [-0.39, 0.29) is 5.17 Å². The number of nitrogens with zero attached hydrogens (tertiary/aromatic N) is 3. The molecule has 0 unspecified atom stereocenters. The number of ether oxygens (including phenoxy) is 1.